The fraction of sp³-hybridized carbons (Fsp3) is 0.667. The van der Waals surface area contributed by atoms with Crippen molar-refractivity contribution in [2.45, 2.75) is 56.0 Å². The van der Waals surface area contributed by atoms with Crippen molar-refractivity contribution in [1.82, 2.24) is 19.5 Å². The number of nitrogens with zero attached hydrogens (tertiary/aromatic N) is 4. The normalized spacial score (nSPS) is 26.7. The highest BCUT2D eigenvalue weighted by Crippen LogP contribution is 2.54. The molecule has 8 N–H and O–H groups in total. The van der Waals surface area contributed by atoms with E-state index in [4.69, 9.17) is 10.3 Å². The van der Waals surface area contributed by atoms with Crippen LogP contribution >= 0.6 is 16.1 Å². The zero-order valence-electron chi connectivity index (χ0n) is 17.0. The summed E-state index contributed by atoms with van der Waals surface area (Å²) in [5.41, 5.74) is 6.25. The Balaban J connectivity index is 1.47. The minimum atomic E-state index is -4.92. The minimum absolute atomic E-state index is 0.0751. The molecular formula is C15H25N5O11P2. The Kier molecular flexibility index (Phi) is 8.53. The van der Waals surface area contributed by atoms with Crippen molar-refractivity contribution in [2.75, 3.05) is 12.3 Å². The second kappa shape index (κ2) is 10.8. The van der Waals surface area contributed by atoms with Crippen molar-refractivity contribution in [1.29, 1.82) is 0 Å². The van der Waals surface area contributed by atoms with Crippen LogP contribution in [0.1, 0.15) is 12.8 Å². The van der Waals surface area contributed by atoms with Crippen LogP contribution in [0.25, 0.3) is 11.2 Å². The van der Waals surface area contributed by atoms with Gasteiger partial charge in [0.1, 0.15) is 36.3 Å². The van der Waals surface area contributed by atoms with E-state index in [1.807, 2.05) is 0 Å². The zero-order valence-corrected chi connectivity index (χ0v) is 18.9. The lowest BCUT2D eigenvalue weighted by Gasteiger charge is -2.23. The summed E-state index contributed by atoms with van der Waals surface area (Å²) in [5, 5.41) is 49.4. The van der Waals surface area contributed by atoms with Crippen LogP contribution in [0, 0.1) is 0 Å². The summed E-state index contributed by atoms with van der Waals surface area (Å²) in [5.74, 6) is 0.121. The summed E-state index contributed by atoms with van der Waals surface area (Å²) < 4.78 is 38.8. The van der Waals surface area contributed by atoms with Crippen molar-refractivity contribution in [2.24, 2.45) is 0 Å². The first-order valence-electron chi connectivity index (χ1n) is 9.67. The van der Waals surface area contributed by atoms with Crippen molar-refractivity contribution >= 4 is 33.1 Å². The maximum absolute atomic E-state index is 11.9. The van der Waals surface area contributed by atoms with E-state index < -0.39 is 59.3 Å². The lowest BCUT2D eigenvalue weighted by molar-refractivity contribution is -0.0772. The number of phosphoric acid groups is 1. The molecule has 1 aliphatic rings. The Morgan fingerprint density at radius 1 is 1.21 bits per heavy atom. The van der Waals surface area contributed by atoms with E-state index in [-0.39, 0.29) is 36.4 Å². The molecule has 1 aliphatic carbocycles. The molecule has 1 saturated carbocycles. The van der Waals surface area contributed by atoms with E-state index in [9.17, 15) is 39.6 Å². The standard InChI is InChI=1S/C15H25N5O11P2/c16-14-11-15(18-5-17-14)20(6-19-11)3-8(22)12(24)9(23)4-29-32(26)31-33(27,28)30-10-2-1-7(21)13(10)25/h5-10,12-13,21-25,32H,1-4H2,(H,27,28)(H2,16,17,18)/t7?,8?,9-,10+,12?,13-/m1/s1. The number of hydrogen-bond donors (Lipinski definition) is 7. The molecule has 186 valence electrons. The van der Waals surface area contributed by atoms with Gasteiger partial charge in [0.15, 0.2) is 11.5 Å². The molecule has 8 atom stereocenters. The van der Waals surface area contributed by atoms with Crippen LogP contribution < -0.4 is 5.73 Å². The van der Waals surface area contributed by atoms with Crippen molar-refractivity contribution in [3.63, 3.8) is 0 Å². The Morgan fingerprint density at radius 2 is 1.94 bits per heavy atom. The minimum Gasteiger partial charge on any atom is -0.390 e. The SMILES string of the molecule is Nc1ncnc2c1ncn2CC(O)C(O)[C@H](O)CO[PH](=O)OP(=O)(O)O[C@H]1CCC(O)[C@H]1O. The second-order valence-corrected chi connectivity index (χ2v) is 10.0. The van der Waals surface area contributed by atoms with E-state index >= 15 is 0 Å². The van der Waals surface area contributed by atoms with Crippen LogP contribution in [0.15, 0.2) is 12.7 Å². The maximum atomic E-state index is 11.9. The molecule has 3 rings (SSSR count). The highest BCUT2D eigenvalue weighted by molar-refractivity contribution is 7.56. The van der Waals surface area contributed by atoms with Gasteiger partial charge in [0.2, 0.25) is 0 Å². The molecule has 16 nitrogen and oxygen atoms in total. The first-order chi connectivity index (χ1) is 15.5. The van der Waals surface area contributed by atoms with Gasteiger partial charge in [-0.2, -0.15) is 0 Å². The Bertz CT molecular complexity index is 1030. The van der Waals surface area contributed by atoms with Gasteiger partial charge in [0.05, 0.1) is 31.7 Å². The molecule has 2 aromatic rings. The summed E-state index contributed by atoms with van der Waals surface area (Å²) in [6.45, 7) is -1.06. The molecule has 1 fully saturated rings. The number of hydrogen-bond acceptors (Lipinski definition) is 14. The first kappa shape index (κ1) is 26.1. The van der Waals surface area contributed by atoms with Gasteiger partial charge in [0, 0.05) is 0 Å². The Morgan fingerprint density at radius 3 is 2.61 bits per heavy atom. The van der Waals surface area contributed by atoms with Gasteiger partial charge >= 0.3 is 16.1 Å². The third kappa shape index (κ3) is 6.53. The number of aromatic nitrogens is 4. The Labute approximate surface area is 187 Å². The van der Waals surface area contributed by atoms with Crippen LogP contribution in [0.3, 0.4) is 0 Å². The molecule has 0 aliphatic heterocycles. The van der Waals surface area contributed by atoms with E-state index in [0.717, 1.165) is 0 Å². The summed E-state index contributed by atoms with van der Waals surface area (Å²) in [6, 6.07) is 0. The molecule has 0 aromatic carbocycles. The quantitative estimate of drug-likeness (QED) is 0.159. The average molecular weight is 513 g/mol. The monoisotopic (exact) mass is 513 g/mol. The summed E-state index contributed by atoms with van der Waals surface area (Å²) in [6.07, 6.45) is -6.09. The number of aliphatic hydroxyl groups is 5. The molecule has 0 bridgehead atoms. The van der Waals surface area contributed by atoms with Crippen LogP contribution in [-0.2, 0) is 29.0 Å². The van der Waals surface area contributed by atoms with Crippen LogP contribution in [0.4, 0.5) is 5.82 Å². The van der Waals surface area contributed by atoms with Crippen LogP contribution in [-0.4, -0.2) is 93.2 Å². The van der Waals surface area contributed by atoms with E-state index in [1.54, 1.807) is 0 Å². The fourth-order valence-corrected chi connectivity index (χ4v) is 5.22. The van der Waals surface area contributed by atoms with Gasteiger partial charge in [-0.1, -0.05) is 0 Å². The average Bonchev–Trinajstić information content (AvgIpc) is 3.30. The molecular weight excluding hydrogens is 488 g/mol. The van der Waals surface area contributed by atoms with Gasteiger partial charge < -0.3 is 45.3 Å². The number of anilines is 1. The number of nitrogens with two attached hydrogens (primary N) is 1. The lowest BCUT2D eigenvalue weighted by atomic mass is 10.1. The van der Waals surface area contributed by atoms with Gasteiger partial charge in [-0.15, -0.1) is 0 Å². The second-order valence-electron chi connectivity index (χ2n) is 7.35. The van der Waals surface area contributed by atoms with Gasteiger partial charge in [-0.3, -0.25) is 9.09 Å². The largest absolute Gasteiger partial charge is 0.479 e. The highest BCUT2D eigenvalue weighted by Gasteiger charge is 2.40. The number of nitrogen functional groups attached to an aromatic ring is 1. The Hall–Kier alpha value is -1.55. The van der Waals surface area contributed by atoms with Crippen LogP contribution in [0.2, 0.25) is 0 Å². The summed E-state index contributed by atoms with van der Waals surface area (Å²) in [7, 11) is -8.61. The predicted molar refractivity (Wildman–Crippen MR) is 110 cm³/mol. The maximum Gasteiger partial charge on any atom is 0.479 e. The molecule has 0 amide bonds. The molecule has 0 spiro atoms. The van der Waals surface area contributed by atoms with Gasteiger partial charge in [0.25, 0.3) is 0 Å². The number of fused-ring (bicyclic) bond motifs is 1. The third-order valence-corrected chi connectivity index (χ3v) is 7.41. The number of phosphoric ester groups is 1. The van der Waals surface area contributed by atoms with Crippen molar-refractivity contribution in [3.05, 3.63) is 12.7 Å². The molecule has 33 heavy (non-hydrogen) atoms. The summed E-state index contributed by atoms with van der Waals surface area (Å²) >= 11 is 0. The van der Waals surface area contributed by atoms with E-state index in [1.165, 1.54) is 17.2 Å². The first-order valence-corrected chi connectivity index (χ1v) is 12.4. The number of imidazole rings is 1. The molecule has 0 saturated heterocycles. The molecule has 18 heteroatoms. The van der Waals surface area contributed by atoms with Gasteiger partial charge in [-0.25, -0.2) is 23.8 Å². The zero-order chi connectivity index (χ0) is 24.3. The van der Waals surface area contributed by atoms with Crippen LogP contribution in [0.5, 0.6) is 0 Å². The predicted octanol–water partition coefficient (Wildman–Crippen LogP) is -2.08. The topological polar surface area (TPSA) is 253 Å². The van der Waals surface area contributed by atoms with Crippen molar-refractivity contribution < 1.29 is 52.9 Å². The number of rotatable bonds is 11. The van der Waals surface area contributed by atoms with Gasteiger partial charge in [-0.05, 0) is 12.8 Å². The summed E-state index contributed by atoms with van der Waals surface area (Å²) in [4.78, 5) is 21.4. The molecule has 2 heterocycles. The molecule has 0 radical (unpaired) electrons. The third-order valence-electron chi connectivity index (χ3n) is 4.95. The number of aliphatic hydroxyl groups excluding tert-OH is 5. The van der Waals surface area contributed by atoms with E-state index in [0.29, 0.717) is 0 Å². The lowest BCUT2D eigenvalue weighted by Crippen LogP contribution is -2.41. The smallest absolute Gasteiger partial charge is 0.390 e. The fourth-order valence-electron chi connectivity index (χ4n) is 3.20. The van der Waals surface area contributed by atoms with Crippen molar-refractivity contribution in [3.8, 4) is 0 Å². The highest BCUT2D eigenvalue weighted by atomic mass is 31.2. The van der Waals surface area contributed by atoms with E-state index in [2.05, 4.69) is 23.8 Å². The molecule has 5 unspecified atom stereocenters. The molecule has 2 aromatic heterocycles.